The van der Waals surface area contributed by atoms with Crippen LogP contribution in [-0.4, -0.2) is 59.4 Å². The van der Waals surface area contributed by atoms with Crippen LogP contribution in [0.1, 0.15) is 74.2 Å². The topological polar surface area (TPSA) is 75.6 Å². The Morgan fingerprint density at radius 3 is 2.20 bits per heavy atom. The quantitative estimate of drug-likeness (QED) is 0.646. The lowest BCUT2D eigenvalue weighted by molar-refractivity contribution is -0.516. The van der Waals surface area contributed by atoms with Crippen molar-refractivity contribution in [3.63, 3.8) is 0 Å². The Hall–Kier alpha value is -1.06. The number of methoxy groups -OCH3 is 1. The fraction of sp³-hybridized carbons (Fsp3) is 0.786. The summed E-state index contributed by atoms with van der Waals surface area (Å²) in [7, 11) is 1.57. The standard InChI is InChI=1S/C28H44O7/c1-18-16-32-24(5,20(3)19(18)2)35-27(8)25(6,29)26(7)23(4,34-28(27,9)30-10)17-31-22(33-26)21-14-12-11-13-15-21/h11-15,18-20,22,29H,16-17H2,1-10H3/t18-,19+,20-,22-,23+,24-,25-,26+,27-,28-/m0/s1. The second-order valence-electron chi connectivity index (χ2n) is 11.8. The average molecular weight is 493 g/mol. The predicted molar refractivity (Wildman–Crippen MR) is 131 cm³/mol. The largest absolute Gasteiger partial charge is 0.384 e. The van der Waals surface area contributed by atoms with Gasteiger partial charge in [0.05, 0.1) is 13.2 Å². The summed E-state index contributed by atoms with van der Waals surface area (Å²) in [4.78, 5) is 0. The first-order valence-electron chi connectivity index (χ1n) is 12.8. The van der Waals surface area contributed by atoms with Gasteiger partial charge in [-0.3, -0.25) is 0 Å². The van der Waals surface area contributed by atoms with Gasteiger partial charge in [0.1, 0.15) is 16.8 Å². The molecule has 3 saturated heterocycles. The van der Waals surface area contributed by atoms with Crippen molar-refractivity contribution in [2.75, 3.05) is 20.3 Å². The molecule has 0 spiro atoms. The predicted octanol–water partition coefficient (Wildman–Crippen LogP) is 4.82. The van der Waals surface area contributed by atoms with E-state index in [1.54, 1.807) is 21.0 Å². The normalized spacial score (nSPS) is 52.7. The lowest BCUT2D eigenvalue weighted by Gasteiger charge is -2.70. The molecule has 7 heteroatoms. The third kappa shape index (κ3) is 3.65. The minimum Gasteiger partial charge on any atom is -0.384 e. The summed E-state index contributed by atoms with van der Waals surface area (Å²) in [6, 6.07) is 9.72. The molecule has 0 amide bonds. The van der Waals surface area contributed by atoms with Gasteiger partial charge in [-0.1, -0.05) is 51.1 Å². The highest BCUT2D eigenvalue weighted by Gasteiger charge is 2.79. The smallest absolute Gasteiger partial charge is 0.198 e. The Morgan fingerprint density at radius 1 is 0.971 bits per heavy atom. The second kappa shape index (κ2) is 8.48. The van der Waals surface area contributed by atoms with Crippen LogP contribution in [0.25, 0.3) is 0 Å². The highest BCUT2D eigenvalue weighted by Crippen LogP contribution is 2.61. The first kappa shape index (κ1) is 27.0. The zero-order chi connectivity index (χ0) is 26.1. The van der Waals surface area contributed by atoms with Gasteiger partial charge in [0.25, 0.3) is 0 Å². The molecule has 198 valence electrons. The van der Waals surface area contributed by atoms with Crippen molar-refractivity contribution in [3.8, 4) is 0 Å². The second-order valence-corrected chi connectivity index (χ2v) is 11.8. The Balaban J connectivity index is 1.79. The summed E-state index contributed by atoms with van der Waals surface area (Å²) >= 11 is 0. The van der Waals surface area contributed by atoms with E-state index in [1.807, 2.05) is 58.0 Å². The highest BCUT2D eigenvalue weighted by atomic mass is 16.8. The zero-order valence-corrected chi connectivity index (χ0v) is 23.0. The maximum absolute atomic E-state index is 12.6. The van der Waals surface area contributed by atoms with E-state index in [-0.39, 0.29) is 12.5 Å². The molecule has 0 unspecified atom stereocenters. The number of hydrogen-bond acceptors (Lipinski definition) is 7. The molecule has 35 heavy (non-hydrogen) atoms. The Labute approximate surface area is 210 Å². The molecule has 0 bridgehead atoms. The van der Waals surface area contributed by atoms with E-state index in [4.69, 9.17) is 28.4 Å². The monoisotopic (exact) mass is 492 g/mol. The lowest BCUT2D eigenvalue weighted by atomic mass is 9.60. The molecular weight excluding hydrogens is 448 g/mol. The van der Waals surface area contributed by atoms with Crippen LogP contribution >= 0.6 is 0 Å². The minimum absolute atomic E-state index is 0.0637. The summed E-state index contributed by atoms with van der Waals surface area (Å²) in [5.41, 5.74) is -4.36. The molecule has 0 aliphatic carbocycles. The lowest BCUT2D eigenvalue weighted by Crippen LogP contribution is -2.87. The molecule has 7 nitrogen and oxygen atoms in total. The summed E-state index contributed by atoms with van der Waals surface area (Å²) < 4.78 is 38.7. The number of rotatable bonds is 4. The van der Waals surface area contributed by atoms with Crippen LogP contribution < -0.4 is 0 Å². The van der Waals surface area contributed by atoms with Crippen molar-refractivity contribution in [2.24, 2.45) is 17.8 Å². The molecule has 1 N–H and O–H groups in total. The maximum atomic E-state index is 12.6. The molecule has 0 aromatic heterocycles. The average Bonchev–Trinajstić information content (AvgIpc) is 2.82. The third-order valence-corrected chi connectivity index (χ3v) is 10.0. The maximum Gasteiger partial charge on any atom is 0.198 e. The summed E-state index contributed by atoms with van der Waals surface area (Å²) in [6.45, 7) is 18.4. The van der Waals surface area contributed by atoms with Gasteiger partial charge in [0, 0.05) is 18.6 Å². The number of aliphatic hydroxyl groups is 1. The van der Waals surface area contributed by atoms with Crippen molar-refractivity contribution in [3.05, 3.63) is 35.9 Å². The molecule has 3 heterocycles. The zero-order valence-electron chi connectivity index (χ0n) is 23.0. The van der Waals surface area contributed by atoms with Gasteiger partial charge in [-0.2, -0.15) is 0 Å². The van der Waals surface area contributed by atoms with Gasteiger partial charge in [-0.25, -0.2) is 0 Å². The third-order valence-electron chi connectivity index (χ3n) is 10.0. The van der Waals surface area contributed by atoms with Gasteiger partial charge in [-0.05, 0) is 53.4 Å². The summed E-state index contributed by atoms with van der Waals surface area (Å²) in [5, 5.41) is 12.6. The Bertz CT molecular complexity index is 923. The van der Waals surface area contributed by atoms with Crippen LogP contribution in [0.15, 0.2) is 30.3 Å². The van der Waals surface area contributed by atoms with E-state index in [0.29, 0.717) is 18.4 Å². The van der Waals surface area contributed by atoms with Crippen molar-refractivity contribution in [2.45, 2.75) is 103 Å². The molecule has 10 atom stereocenters. The summed E-state index contributed by atoms with van der Waals surface area (Å²) in [5.74, 6) is -1.48. The Kier molecular flexibility index (Phi) is 6.54. The van der Waals surface area contributed by atoms with E-state index in [2.05, 4.69) is 20.8 Å². The van der Waals surface area contributed by atoms with Crippen molar-refractivity contribution in [1.29, 1.82) is 0 Å². The fourth-order valence-electron chi connectivity index (χ4n) is 6.21. The molecular formula is C28H44O7. The summed E-state index contributed by atoms with van der Waals surface area (Å²) in [6.07, 6.45) is -0.665. The van der Waals surface area contributed by atoms with Crippen molar-refractivity contribution >= 4 is 0 Å². The van der Waals surface area contributed by atoms with E-state index in [9.17, 15) is 5.11 Å². The molecule has 3 aliphatic heterocycles. The number of ether oxygens (including phenoxy) is 6. The van der Waals surface area contributed by atoms with Gasteiger partial charge in [-0.15, -0.1) is 0 Å². The van der Waals surface area contributed by atoms with Crippen molar-refractivity contribution in [1.82, 2.24) is 0 Å². The SMILES string of the molecule is CO[C@@]1(C)O[C@]2(C)CO[C@H](c3ccccc3)O[C@@]2(C)[C@](C)(O)[C@]1(C)O[C@]1(C)OC[C@H](C)[C@@H](C)[C@@H]1C. The molecule has 3 aliphatic rings. The van der Waals surface area contributed by atoms with Crippen molar-refractivity contribution < 1.29 is 33.5 Å². The minimum atomic E-state index is -1.59. The van der Waals surface area contributed by atoms with Crippen LogP contribution in [0.4, 0.5) is 0 Å². The highest BCUT2D eigenvalue weighted by molar-refractivity contribution is 5.26. The van der Waals surface area contributed by atoms with Crippen LogP contribution in [0.5, 0.6) is 0 Å². The first-order valence-corrected chi connectivity index (χ1v) is 12.8. The van der Waals surface area contributed by atoms with Gasteiger partial charge >= 0.3 is 0 Å². The molecule has 4 rings (SSSR count). The van der Waals surface area contributed by atoms with Crippen LogP contribution in [-0.2, 0) is 28.4 Å². The first-order chi connectivity index (χ1) is 16.1. The molecule has 3 fully saturated rings. The van der Waals surface area contributed by atoms with Gasteiger partial charge in [0.15, 0.2) is 23.5 Å². The van der Waals surface area contributed by atoms with E-state index in [0.717, 1.165) is 5.56 Å². The van der Waals surface area contributed by atoms with E-state index < -0.39 is 40.3 Å². The Morgan fingerprint density at radius 2 is 1.60 bits per heavy atom. The van der Waals surface area contributed by atoms with Crippen LogP contribution in [0, 0.1) is 17.8 Å². The van der Waals surface area contributed by atoms with Gasteiger partial charge in [0.2, 0.25) is 0 Å². The van der Waals surface area contributed by atoms with Crippen LogP contribution in [0.2, 0.25) is 0 Å². The number of fused-ring (bicyclic) bond motifs is 1. The molecule has 0 radical (unpaired) electrons. The number of hydrogen-bond donors (Lipinski definition) is 1. The fourth-order valence-corrected chi connectivity index (χ4v) is 6.21. The van der Waals surface area contributed by atoms with E-state index in [1.165, 1.54) is 0 Å². The van der Waals surface area contributed by atoms with Crippen LogP contribution in [0.3, 0.4) is 0 Å². The molecule has 0 saturated carbocycles. The number of benzene rings is 1. The van der Waals surface area contributed by atoms with E-state index >= 15 is 0 Å². The molecule has 1 aromatic rings. The van der Waals surface area contributed by atoms with Gasteiger partial charge < -0.3 is 33.5 Å². The molecule has 1 aromatic carbocycles.